The van der Waals surface area contributed by atoms with Crippen molar-refractivity contribution in [2.75, 3.05) is 27.3 Å². The molecule has 1 amide bonds. The van der Waals surface area contributed by atoms with Crippen molar-refractivity contribution < 1.29 is 14.3 Å². The highest BCUT2D eigenvalue weighted by Crippen LogP contribution is 2.33. The topological polar surface area (TPSA) is 59.6 Å². The molecule has 0 radical (unpaired) electrons. The molecular weight excluding hydrogens is 336 g/mol. The van der Waals surface area contributed by atoms with E-state index in [1.54, 1.807) is 14.2 Å². The second kappa shape index (κ2) is 7.66. The highest BCUT2D eigenvalue weighted by Gasteiger charge is 2.20. The molecule has 1 fully saturated rings. The molecule has 0 aliphatic carbocycles. The van der Waals surface area contributed by atoms with Crippen molar-refractivity contribution in [3.05, 3.63) is 22.2 Å². The largest absolute Gasteiger partial charge is 0.493 e. The van der Waals surface area contributed by atoms with Crippen LogP contribution in [0.5, 0.6) is 11.5 Å². The highest BCUT2D eigenvalue weighted by atomic mass is 79.9. The minimum Gasteiger partial charge on any atom is -0.493 e. The number of carbonyl (C=O) groups is 1. The van der Waals surface area contributed by atoms with Gasteiger partial charge in [-0.2, -0.15) is 0 Å². The van der Waals surface area contributed by atoms with E-state index in [9.17, 15) is 4.79 Å². The summed E-state index contributed by atoms with van der Waals surface area (Å²) >= 11 is 3.50. The Labute approximate surface area is 133 Å². The van der Waals surface area contributed by atoms with Crippen molar-refractivity contribution in [3.63, 3.8) is 0 Å². The van der Waals surface area contributed by atoms with Gasteiger partial charge >= 0.3 is 0 Å². The van der Waals surface area contributed by atoms with Gasteiger partial charge in [-0.3, -0.25) is 4.79 Å². The SMILES string of the molecule is COc1cc(Br)c(CNC(=O)C2CCCNC2)cc1OC. The van der Waals surface area contributed by atoms with Gasteiger partial charge in [-0.25, -0.2) is 0 Å². The molecule has 2 N–H and O–H groups in total. The van der Waals surface area contributed by atoms with Crippen LogP contribution in [0.25, 0.3) is 0 Å². The number of methoxy groups -OCH3 is 2. The average molecular weight is 357 g/mol. The fraction of sp³-hybridized carbons (Fsp3) is 0.533. The Morgan fingerprint density at radius 1 is 1.38 bits per heavy atom. The normalized spacial score (nSPS) is 18.1. The zero-order valence-corrected chi connectivity index (χ0v) is 14.0. The zero-order chi connectivity index (χ0) is 15.2. The van der Waals surface area contributed by atoms with E-state index < -0.39 is 0 Å². The predicted octanol–water partition coefficient (Wildman–Crippen LogP) is 2.08. The van der Waals surface area contributed by atoms with Gasteiger partial charge in [0.15, 0.2) is 11.5 Å². The van der Waals surface area contributed by atoms with Crippen LogP contribution in [-0.2, 0) is 11.3 Å². The lowest BCUT2D eigenvalue weighted by Gasteiger charge is -2.22. The number of ether oxygens (including phenoxy) is 2. The Morgan fingerprint density at radius 2 is 2.10 bits per heavy atom. The highest BCUT2D eigenvalue weighted by molar-refractivity contribution is 9.10. The van der Waals surface area contributed by atoms with E-state index in [1.165, 1.54) is 0 Å². The minimum atomic E-state index is 0.0673. The van der Waals surface area contributed by atoms with Crippen LogP contribution in [0.1, 0.15) is 18.4 Å². The van der Waals surface area contributed by atoms with E-state index in [0.29, 0.717) is 18.0 Å². The Bertz CT molecular complexity index is 502. The van der Waals surface area contributed by atoms with Crippen LogP contribution in [0.2, 0.25) is 0 Å². The van der Waals surface area contributed by atoms with Crippen LogP contribution in [0, 0.1) is 5.92 Å². The lowest BCUT2D eigenvalue weighted by atomic mass is 9.99. The fourth-order valence-electron chi connectivity index (χ4n) is 2.43. The van der Waals surface area contributed by atoms with Gasteiger partial charge in [-0.15, -0.1) is 0 Å². The molecule has 2 rings (SSSR count). The maximum atomic E-state index is 12.1. The summed E-state index contributed by atoms with van der Waals surface area (Å²) in [6.07, 6.45) is 2.00. The average Bonchev–Trinajstić information content (AvgIpc) is 2.53. The first-order valence-electron chi connectivity index (χ1n) is 7.04. The summed E-state index contributed by atoms with van der Waals surface area (Å²) in [6.45, 7) is 2.24. The molecule has 1 aromatic rings. The summed E-state index contributed by atoms with van der Waals surface area (Å²) in [5.41, 5.74) is 0.963. The molecule has 1 atom stereocenters. The number of piperidine rings is 1. The molecule has 21 heavy (non-hydrogen) atoms. The number of carbonyl (C=O) groups excluding carboxylic acids is 1. The number of rotatable bonds is 5. The third kappa shape index (κ3) is 4.11. The second-order valence-electron chi connectivity index (χ2n) is 5.06. The Balaban J connectivity index is 2.00. The monoisotopic (exact) mass is 356 g/mol. The van der Waals surface area contributed by atoms with E-state index in [-0.39, 0.29) is 11.8 Å². The molecule has 5 nitrogen and oxygen atoms in total. The van der Waals surface area contributed by atoms with Gasteiger partial charge < -0.3 is 20.1 Å². The Morgan fingerprint density at radius 3 is 2.71 bits per heavy atom. The molecule has 1 unspecified atom stereocenters. The van der Waals surface area contributed by atoms with E-state index in [2.05, 4.69) is 26.6 Å². The first kappa shape index (κ1) is 16.1. The molecule has 0 saturated carbocycles. The summed E-state index contributed by atoms with van der Waals surface area (Å²) in [4.78, 5) is 12.1. The van der Waals surface area contributed by atoms with Gasteiger partial charge in [0.25, 0.3) is 0 Å². The third-order valence-electron chi connectivity index (χ3n) is 3.67. The molecule has 116 valence electrons. The lowest BCUT2D eigenvalue weighted by molar-refractivity contribution is -0.125. The molecule has 6 heteroatoms. The summed E-state index contributed by atoms with van der Waals surface area (Å²) in [5.74, 6) is 1.49. The molecule has 0 bridgehead atoms. The summed E-state index contributed by atoms with van der Waals surface area (Å²) in [7, 11) is 3.20. The first-order valence-corrected chi connectivity index (χ1v) is 7.83. The van der Waals surface area contributed by atoms with Crippen molar-refractivity contribution in [2.24, 2.45) is 5.92 Å². The quantitative estimate of drug-likeness (QED) is 0.847. The predicted molar refractivity (Wildman–Crippen MR) is 84.7 cm³/mol. The number of amides is 1. The van der Waals surface area contributed by atoms with Gasteiger partial charge in [0, 0.05) is 17.6 Å². The first-order chi connectivity index (χ1) is 10.2. The molecule has 1 aliphatic rings. The minimum absolute atomic E-state index is 0.0673. The van der Waals surface area contributed by atoms with Crippen molar-refractivity contribution >= 4 is 21.8 Å². The molecule has 1 saturated heterocycles. The number of nitrogens with one attached hydrogen (secondary N) is 2. The van der Waals surface area contributed by atoms with Gasteiger partial charge in [0.1, 0.15) is 0 Å². The Kier molecular flexibility index (Phi) is 5.87. The van der Waals surface area contributed by atoms with Gasteiger partial charge in [-0.1, -0.05) is 15.9 Å². The van der Waals surface area contributed by atoms with E-state index in [4.69, 9.17) is 9.47 Å². The van der Waals surface area contributed by atoms with Gasteiger partial charge in [0.2, 0.25) is 5.91 Å². The van der Waals surface area contributed by atoms with Crippen molar-refractivity contribution in [2.45, 2.75) is 19.4 Å². The summed E-state index contributed by atoms with van der Waals surface area (Å²) < 4.78 is 11.4. The summed E-state index contributed by atoms with van der Waals surface area (Å²) in [6, 6.07) is 3.73. The molecule has 0 spiro atoms. The smallest absolute Gasteiger partial charge is 0.224 e. The van der Waals surface area contributed by atoms with Gasteiger partial charge in [-0.05, 0) is 37.1 Å². The van der Waals surface area contributed by atoms with Crippen LogP contribution in [0.4, 0.5) is 0 Å². The Hall–Kier alpha value is -1.27. The molecule has 0 aromatic heterocycles. The lowest BCUT2D eigenvalue weighted by Crippen LogP contribution is -2.40. The molecule has 1 aromatic carbocycles. The number of benzene rings is 1. The van der Waals surface area contributed by atoms with Crippen molar-refractivity contribution in [3.8, 4) is 11.5 Å². The van der Waals surface area contributed by atoms with Crippen molar-refractivity contribution in [1.82, 2.24) is 10.6 Å². The maximum absolute atomic E-state index is 12.1. The molecule has 1 heterocycles. The number of hydrogen-bond donors (Lipinski definition) is 2. The third-order valence-corrected chi connectivity index (χ3v) is 4.41. The van der Waals surface area contributed by atoms with Crippen LogP contribution < -0.4 is 20.1 Å². The van der Waals surface area contributed by atoms with Crippen LogP contribution in [0.15, 0.2) is 16.6 Å². The van der Waals surface area contributed by atoms with E-state index in [0.717, 1.165) is 36.0 Å². The maximum Gasteiger partial charge on any atom is 0.224 e. The van der Waals surface area contributed by atoms with Crippen LogP contribution in [0.3, 0.4) is 0 Å². The molecular formula is C15H21BrN2O3. The molecule has 1 aliphatic heterocycles. The zero-order valence-electron chi connectivity index (χ0n) is 12.4. The van der Waals surface area contributed by atoms with E-state index in [1.807, 2.05) is 12.1 Å². The van der Waals surface area contributed by atoms with E-state index >= 15 is 0 Å². The summed E-state index contributed by atoms with van der Waals surface area (Å²) in [5, 5.41) is 6.24. The van der Waals surface area contributed by atoms with Gasteiger partial charge in [0.05, 0.1) is 20.1 Å². The fourth-order valence-corrected chi connectivity index (χ4v) is 2.90. The number of halogens is 1. The number of hydrogen-bond acceptors (Lipinski definition) is 4. The van der Waals surface area contributed by atoms with Crippen LogP contribution >= 0.6 is 15.9 Å². The standard InChI is InChI=1S/C15H21BrN2O3/c1-20-13-6-11(12(16)7-14(13)21-2)9-18-15(19)10-4-3-5-17-8-10/h6-7,10,17H,3-5,8-9H2,1-2H3,(H,18,19). The van der Waals surface area contributed by atoms with Crippen molar-refractivity contribution in [1.29, 1.82) is 0 Å². The van der Waals surface area contributed by atoms with Crippen LogP contribution in [-0.4, -0.2) is 33.2 Å². The second-order valence-corrected chi connectivity index (χ2v) is 5.91.